The van der Waals surface area contributed by atoms with E-state index >= 15 is 0 Å². The van der Waals surface area contributed by atoms with Crippen molar-refractivity contribution in [2.24, 2.45) is 5.92 Å². The number of imide groups is 1. The molecule has 0 spiro atoms. The van der Waals surface area contributed by atoms with E-state index in [0.717, 1.165) is 0 Å². The average molecular weight is 498 g/mol. The highest BCUT2D eigenvalue weighted by molar-refractivity contribution is 7.80. The summed E-state index contributed by atoms with van der Waals surface area (Å²) in [6.07, 6.45) is 4.58. The summed E-state index contributed by atoms with van der Waals surface area (Å²) in [7, 11) is 1.72. The van der Waals surface area contributed by atoms with Gasteiger partial charge in [0.2, 0.25) is 5.91 Å². The van der Waals surface area contributed by atoms with Gasteiger partial charge in [0.1, 0.15) is 11.6 Å². The maximum Gasteiger partial charge on any atom is 0.254 e. The number of halogens is 2. The summed E-state index contributed by atoms with van der Waals surface area (Å²) in [6, 6.07) is 11.7. The predicted octanol–water partition coefficient (Wildman–Crippen LogP) is 3.20. The van der Waals surface area contributed by atoms with Crippen molar-refractivity contribution in [1.82, 2.24) is 16.0 Å². The number of nitrogens with one attached hydrogen (secondary N) is 5. The van der Waals surface area contributed by atoms with Gasteiger partial charge < -0.3 is 21.3 Å². The maximum absolute atomic E-state index is 13.6. The Hall–Kier alpha value is -3.79. The highest BCUT2D eigenvalue weighted by Gasteiger charge is 2.45. The number of thiocarbonyl (C=S) groups is 1. The standard InChI is InChI=1S/C25H25F2N5O2S/c1-28-24(35)29-12-2-11-25(32-18-9-5-16(27)6-10-18)14-20-19(22(33)31-23(20)34)13-21(25)30-17-7-3-15(26)4-8-17/h3-10,13-14,19,30,32H,2,11-12H2,1H3,(H2,28,29,35)(H,31,33,34). The zero-order valence-corrected chi connectivity index (χ0v) is 19.8. The molecule has 1 aliphatic carbocycles. The van der Waals surface area contributed by atoms with Crippen LogP contribution in [0.4, 0.5) is 20.2 Å². The lowest BCUT2D eigenvalue weighted by molar-refractivity contribution is -0.125. The van der Waals surface area contributed by atoms with Gasteiger partial charge in [-0.3, -0.25) is 14.9 Å². The number of carbonyl (C=O) groups excluding carboxylic acids is 2. The number of fused-ring (bicyclic) bond motifs is 1. The molecule has 35 heavy (non-hydrogen) atoms. The third kappa shape index (κ3) is 5.48. The van der Waals surface area contributed by atoms with Gasteiger partial charge >= 0.3 is 0 Å². The molecule has 0 saturated carbocycles. The minimum atomic E-state index is -0.955. The van der Waals surface area contributed by atoms with Gasteiger partial charge in [-0.15, -0.1) is 0 Å². The Morgan fingerprint density at radius 1 is 1.03 bits per heavy atom. The smallest absolute Gasteiger partial charge is 0.254 e. The molecule has 1 fully saturated rings. The SMILES string of the molecule is CNC(=S)NCCCC1(Nc2ccc(F)cc2)C=C2C(=O)NC(=O)C2C=C1Nc1ccc(F)cc1. The molecule has 1 heterocycles. The second-order valence-electron chi connectivity index (χ2n) is 8.32. The summed E-state index contributed by atoms with van der Waals surface area (Å²) >= 11 is 5.15. The molecule has 7 nitrogen and oxygen atoms in total. The molecule has 0 bridgehead atoms. The van der Waals surface area contributed by atoms with E-state index in [0.29, 0.717) is 47.1 Å². The Labute approximate surface area is 207 Å². The molecule has 2 aromatic carbocycles. The van der Waals surface area contributed by atoms with Gasteiger partial charge in [-0.25, -0.2) is 8.78 Å². The van der Waals surface area contributed by atoms with Crippen LogP contribution in [-0.2, 0) is 9.59 Å². The molecule has 182 valence electrons. The van der Waals surface area contributed by atoms with Crippen LogP contribution in [0.1, 0.15) is 12.8 Å². The van der Waals surface area contributed by atoms with Crippen molar-refractivity contribution in [2.45, 2.75) is 18.4 Å². The van der Waals surface area contributed by atoms with E-state index in [2.05, 4.69) is 26.6 Å². The monoisotopic (exact) mass is 497 g/mol. The first-order chi connectivity index (χ1) is 16.8. The van der Waals surface area contributed by atoms with Gasteiger partial charge in [0.05, 0.1) is 11.5 Å². The van der Waals surface area contributed by atoms with E-state index in [1.807, 2.05) is 0 Å². The molecule has 0 radical (unpaired) electrons. The van der Waals surface area contributed by atoms with E-state index < -0.39 is 23.3 Å². The zero-order chi connectivity index (χ0) is 25.0. The first-order valence-corrected chi connectivity index (χ1v) is 11.5. The van der Waals surface area contributed by atoms with Gasteiger partial charge in [0.25, 0.3) is 5.91 Å². The fraction of sp³-hybridized carbons (Fsp3) is 0.240. The second-order valence-corrected chi connectivity index (χ2v) is 8.73. The Morgan fingerprint density at radius 3 is 2.29 bits per heavy atom. The van der Waals surface area contributed by atoms with Crippen LogP contribution in [0.3, 0.4) is 0 Å². The fourth-order valence-electron chi connectivity index (χ4n) is 4.19. The highest BCUT2D eigenvalue weighted by Crippen LogP contribution is 2.39. The van der Waals surface area contributed by atoms with Crippen LogP contribution in [0.5, 0.6) is 0 Å². The van der Waals surface area contributed by atoms with Crippen LogP contribution in [0, 0.1) is 17.6 Å². The molecule has 2 amide bonds. The van der Waals surface area contributed by atoms with Crippen LogP contribution >= 0.6 is 12.2 Å². The Kier molecular flexibility index (Phi) is 7.11. The highest BCUT2D eigenvalue weighted by atomic mass is 32.1. The lowest BCUT2D eigenvalue weighted by atomic mass is 9.78. The van der Waals surface area contributed by atoms with Crippen LogP contribution in [0.2, 0.25) is 0 Å². The van der Waals surface area contributed by atoms with Crippen molar-refractivity contribution in [3.63, 3.8) is 0 Å². The van der Waals surface area contributed by atoms with Gasteiger partial charge in [-0.2, -0.15) is 0 Å². The van der Waals surface area contributed by atoms with Gasteiger partial charge in [0, 0.05) is 36.2 Å². The Balaban J connectivity index is 1.73. The summed E-state index contributed by atoms with van der Waals surface area (Å²) in [4.78, 5) is 25.0. The molecule has 4 rings (SSSR count). The summed E-state index contributed by atoms with van der Waals surface area (Å²) in [5, 5.41) is 15.6. The molecule has 5 N–H and O–H groups in total. The number of carbonyl (C=O) groups is 2. The summed E-state index contributed by atoms with van der Waals surface area (Å²) in [6.45, 7) is 0.550. The first-order valence-electron chi connectivity index (χ1n) is 11.1. The fourth-order valence-corrected chi connectivity index (χ4v) is 4.29. The van der Waals surface area contributed by atoms with Crippen LogP contribution in [0.25, 0.3) is 0 Å². The molecule has 10 heteroatoms. The summed E-state index contributed by atoms with van der Waals surface area (Å²) in [5.41, 5.74) is 1.23. The second kappa shape index (κ2) is 10.2. The Bertz CT molecular complexity index is 1200. The van der Waals surface area contributed by atoms with E-state index in [9.17, 15) is 18.4 Å². The molecular weight excluding hydrogens is 472 g/mol. The largest absolute Gasteiger partial charge is 0.371 e. The van der Waals surface area contributed by atoms with E-state index in [-0.39, 0.29) is 11.6 Å². The van der Waals surface area contributed by atoms with Crippen molar-refractivity contribution in [2.75, 3.05) is 24.2 Å². The zero-order valence-electron chi connectivity index (χ0n) is 19.0. The third-order valence-corrected chi connectivity index (χ3v) is 6.28. The van der Waals surface area contributed by atoms with Crippen molar-refractivity contribution >= 4 is 40.5 Å². The molecule has 2 aromatic rings. The molecule has 2 aliphatic rings. The van der Waals surface area contributed by atoms with Gasteiger partial charge in [0.15, 0.2) is 5.11 Å². The first kappa shape index (κ1) is 24.3. The number of hydrogen-bond acceptors (Lipinski definition) is 5. The van der Waals surface area contributed by atoms with Crippen LogP contribution < -0.4 is 26.6 Å². The summed E-state index contributed by atoms with van der Waals surface area (Å²) in [5.74, 6) is -2.35. The van der Waals surface area contributed by atoms with Crippen LogP contribution in [-0.4, -0.2) is 36.1 Å². The number of anilines is 2. The van der Waals surface area contributed by atoms with Crippen molar-refractivity contribution in [3.05, 3.63) is 83.6 Å². The van der Waals surface area contributed by atoms with Gasteiger partial charge in [-0.05, 0) is 85.7 Å². The Morgan fingerprint density at radius 2 is 1.66 bits per heavy atom. The molecule has 1 saturated heterocycles. The van der Waals surface area contributed by atoms with Gasteiger partial charge in [-0.1, -0.05) is 0 Å². The predicted molar refractivity (Wildman–Crippen MR) is 134 cm³/mol. The van der Waals surface area contributed by atoms with Crippen molar-refractivity contribution in [1.29, 1.82) is 0 Å². The average Bonchev–Trinajstić information content (AvgIpc) is 3.11. The molecule has 2 atom stereocenters. The number of benzene rings is 2. The lowest BCUT2D eigenvalue weighted by Gasteiger charge is -2.39. The maximum atomic E-state index is 13.6. The van der Waals surface area contributed by atoms with E-state index in [4.69, 9.17) is 12.2 Å². The number of rotatable bonds is 8. The van der Waals surface area contributed by atoms with Crippen LogP contribution in [0.15, 0.2) is 72.0 Å². The molecule has 0 aromatic heterocycles. The van der Waals surface area contributed by atoms with E-state index in [1.54, 1.807) is 43.5 Å². The quantitative estimate of drug-likeness (QED) is 0.217. The number of amides is 2. The normalized spacial score (nSPS) is 20.8. The topological polar surface area (TPSA) is 94.3 Å². The molecular formula is C25H25F2N5O2S. The third-order valence-electron chi connectivity index (χ3n) is 5.93. The lowest BCUT2D eigenvalue weighted by Crippen LogP contribution is -2.45. The number of hydrogen-bond donors (Lipinski definition) is 5. The minimum Gasteiger partial charge on any atom is -0.371 e. The summed E-state index contributed by atoms with van der Waals surface area (Å²) < 4.78 is 27.1. The molecule has 1 aliphatic heterocycles. The molecule has 2 unspecified atom stereocenters. The minimum absolute atomic E-state index is 0.341. The van der Waals surface area contributed by atoms with Crippen molar-refractivity contribution in [3.8, 4) is 0 Å². The van der Waals surface area contributed by atoms with E-state index in [1.165, 1.54) is 24.3 Å². The van der Waals surface area contributed by atoms with Crippen molar-refractivity contribution < 1.29 is 18.4 Å².